The molecule has 8 nitrogen and oxygen atoms in total. The highest BCUT2D eigenvalue weighted by atomic mass is 16.1. The Labute approximate surface area is 173 Å². The van der Waals surface area contributed by atoms with Gasteiger partial charge in [0.15, 0.2) is 0 Å². The van der Waals surface area contributed by atoms with Crippen LogP contribution in [0.5, 0.6) is 0 Å². The molecule has 2 N–H and O–H groups in total. The van der Waals surface area contributed by atoms with Crippen molar-refractivity contribution >= 4 is 22.6 Å². The summed E-state index contributed by atoms with van der Waals surface area (Å²) in [5.74, 6) is 0.512. The van der Waals surface area contributed by atoms with Crippen LogP contribution in [0.3, 0.4) is 0 Å². The maximum atomic E-state index is 12.1. The van der Waals surface area contributed by atoms with Gasteiger partial charge in [-0.05, 0) is 31.0 Å². The van der Waals surface area contributed by atoms with Crippen molar-refractivity contribution in [1.82, 2.24) is 30.2 Å². The minimum atomic E-state index is -0.225. The average molecular weight is 399 g/mol. The van der Waals surface area contributed by atoms with Crippen molar-refractivity contribution in [1.29, 1.82) is 0 Å². The number of carbonyl (C=O) groups is 1. The van der Waals surface area contributed by atoms with Gasteiger partial charge in [0.05, 0.1) is 11.2 Å². The number of anilines is 1. The first-order valence-electron chi connectivity index (χ1n) is 9.59. The lowest BCUT2D eigenvalue weighted by atomic mass is 10.1. The zero-order valence-corrected chi connectivity index (χ0v) is 16.8. The van der Waals surface area contributed by atoms with Gasteiger partial charge in [0.1, 0.15) is 24.2 Å². The van der Waals surface area contributed by atoms with Crippen LogP contribution in [0.1, 0.15) is 21.7 Å². The van der Waals surface area contributed by atoms with Gasteiger partial charge in [0.25, 0.3) is 5.91 Å². The molecule has 4 rings (SSSR count). The van der Waals surface area contributed by atoms with Gasteiger partial charge in [0, 0.05) is 42.5 Å². The molecule has 0 saturated heterocycles. The maximum Gasteiger partial charge on any atom is 0.270 e. The average Bonchev–Trinajstić information content (AvgIpc) is 2.79. The molecule has 0 saturated carbocycles. The van der Waals surface area contributed by atoms with Gasteiger partial charge in [0.2, 0.25) is 0 Å². The molecule has 0 aliphatic heterocycles. The number of pyridine rings is 1. The minimum absolute atomic E-state index is 0.225. The highest BCUT2D eigenvalue weighted by Crippen LogP contribution is 2.20. The van der Waals surface area contributed by atoms with Gasteiger partial charge in [-0.1, -0.05) is 18.2 Å². The molecule has 0 radical (unpaired) electrons. The van der Waals surface area contributed by atoms with Gasteiger partial charge >= 0.3 is 0 Å². The molecule has 0 bridgehead atoms. The Balaban J connectivity index is 1.50. The topological polar surface area (TPSA) is 106 Å². The van der Waals surface area contributed by atoms with Gasteiger partial charge in [-0.3, -0.25) is 9.78 Å². The highest BCUT2D eigenvalue weighted by Gasteiger charge is 2.12. The lowest BCUT2D eigenvalue weighted by Gasteiger charge is -2.10. The SMILES string of the molecule is CNC(=O)c1ncnc2c(CCNc3cc(-c4ccc(C)nc4)ncn3)cccc12. The summed E-state index contributed by atoms with van der Waals surface area (Å²) in [6.07, 6.45) is 5.49. The molecule has 0 aliphatic rings. The van der Waals surface area contributed by atoms with Crippen molar-refractivity contribution in [2.45, 2.75) is 13.3 Å². The maximum absolute atomic E-state index is 12.1. The number of aromatic nitrogens is 5. The minimum Gasteiger partial charge on any atom is -0.370 e. The van der Waals surface area contributed by atoms with Crippen LogP contribution in [0.2, 0.25) is 0 Å². The zero-order valence-electron chi connectivity index (χ0n) is 16.8. The Hall–Kier alpha value is -3.94. The van der Waals surface area contributed by atoms with Crippen LogP contribution < -0.4 is 10.6 Å². The summed E-state index contributed by atoms with van der Waals surface area (Å²) in [5, 5.41) is 6.69. The van der Waals surface area contributed by atoms with Crippen LogP contribution in [0.25, 0.3) is 22.2 Å². The number of fused-ring (bicyclic) bond motifs is 1. The van der Waals surface area contributed by atoms with Crippen LogP contribution in [0, 0.1) is 6.92 Å². The number of nitrogens with one attached hydrogen (secondary N) is 2. The molecule has 3 heterocycles. The van der Waals surface area contributed by atoms with Crippen LogP contribution in [0.15, 0.2) is 55.2 Å². The monoisotopic (exact) mass is 399 g/mol. The number of hydrogen-bond donors (Lipinski definition) is 2. The molecule has 1 aromatic carbocycles. The summed E-state index contributed by atoms with van der Waals surface area (Å²) in [5.41, 5.74) is 4.91. The molecule has 0 atom stereocenters. The van der Waals surface area contributed by atoms with E-state index in [-0.39, 0.29) is 5.91 Å². The van der Waals surface area contributed by atoms with E-state index in [0.29, 0.717) is 18.7 Å². The molecular weight excluding hydrogens is 378 g/mol. The molecular formula is C22H21N7O. The predicted molar refractivity (Wildman–Crippen MR) is 115 cm³/mol. The Kier molecular flexibility index (Phi) is 5.56. The van der Waals surface area contributed by atoms with Crippen molar-refractivity contribution in [2.24, 2.45) is 0 Å². The van der Waals surface area contributed by atoms with Crippen molar-refractivity contribution in [3.63, 3.8) is 0 Å². The fourth-order valence-corrected chi connectivity index (χ4v) is 3.21. The third kappa shape index (κ3) is 4.07. The number of amides is 1. The van der Waals surface area contributed by atoms with E-state index in [1.807, 2.05) is 43.3 Å². The van der Waals surface area contributed by atoms with Crippen LogP contribution in [-0.4, -0.2) is 44.4 Å². The van der Waals surface area contributed by atoms with E-state index in [2.05, 4.69) is 35.6 Å². The quantitative estimate of drug-likeness (QED) is 0.513. The number of rotatable bonds is 6. The van der Waals surface area contributed by atoms with E-state index in [0.717, 1.165) is 39.2 Å². The Morgan fingerprint density at radius 3 is 2.67 bits per heavy atom. The fraction of sp³-hybridized carbons (Fsp3) is 0.182. The second kappa shape index (κ2) is 8.60. The summed E-state index contributed by atoms with van der Waals surface area (Å²) in [6, 6.07) is 11.6. The summed E-state index contributed by atoms with van der Waals surface area (Å²) in [6.45, 7) is 2.60. The van der Waals surface area contributed by atoms with E-state index in [1.165, 1.54) is 12.7 Å². The summed E-state index contributed by atoms with van der Waals surface area (Å²) >= 11 is 0. The van der Waals surface area contributed by atoms with E-state index in [9.17, 15) is 4.79 Å². The first-order valence-corrected chi connectivity index (χ1v) is 9.59. The molecule has 30 heavy (non-hydrogen) atoms. The lowest BCUT2D eigenvalue weighted by Crippen LogP contribution is -2.20. The Morgan fingerprint density at radius 1 is 1.00 bits per heavy atom. The number of hydrogen-bond acceptors (Lipinski definition) is 7. The largest absolute Gasteiger partial charge is 0.370 e. The smallest absolute Gasteiger partial charge is 0.270 e. The molecule has 1 amide bonds. The van der Waals surface area contributed by atoms with Crippen LogP contribution >= 0.6 is 0 Å². The Morgan fingerprint density at radius 2 is 1.87 bits per heavy atom. The number of carbonyl (C=O) groups excluding carboxylic acids is 1. The molecule has 0 aliphatic carbocycles. The zero-order chi connectivity index (χ0) is 20.9. The molecule has 0 fully saturated rings. The normalized spacial score (nSPS) is 10.7. The lowest BCUT2D eigenvalue weighted by molar-refractivity contribution is 0.0960. The van der Waals surface area contributed by atoms with Crippen molar-refractivity contribution in [3.8, 4) is 11.3 Å². The van der Waals surface area contributed by atoms with E-state index in [1.54, 1.807) is 13.2 Å². The molecule has 4 aromatic rings. The summed E-state index contributed by atoms with van der Waals surface area (Å²) in [4.78, 5) is 33.6. The first-order chi connectivity index (χ1) is 14.7. The number of benzene rings is 1. The second-order valence-corrected chi connectivity index (χ2v) is 6.77. The van der Waals surface area contributed by atoms with Crippen molar-refractivity contribution in [3.05, 3.63) is 72.2 Å². The number of nitrogens with zero attached hydrogens (tertiary/aromatic N) is 5. The van der Waals surface area contributed by atoms with E-state index < -0.39 is 0 Å². The van der Waals surface area contributed by atoms with Crippen molar-refractivity contribution in [2.75, 3.05) is 18.9 Å². The second-order valence-electron chi connectivity index (χ2n) is 6.77. The summed E-state index contributed by atoms with van der Waals surface area (Å²) in [7, 11) is 1.59. The van der Waals surface area contributed by atoms with E-state index in [4.69, 9.17) is 0 Å². The molecule has 8 heteroatoms. The highest BCUT2D eigenvalue weighted by molar-refractivity contribution is 6.04. The summed E-state index contributed by atoms with van der Waals surface area (Å²) < 4.78 is 0. The van der Waals surface area contributed by atoms with Crippen LogP contribution in [-0.2, 0) is 6.42 Å². The van der Waals surface area contributed by atoms with Gasteiger partial charge in [-0.15, -0.1) is 0 Å². The Bertz CT molecular complexity index is 1190. The number of aryl methyl sites for hydroxylation is 1. The first kappa shape index (κ1) is 19.4. The van der Waals surface area contributed by atoms with E-state index >= 15 is 0 Å². The fourth-order valence-electron chi connectivity index (χ4n) is 3.21. The molecule has 150 valence electrons. The molecule has 0 unspecified atom stereocenters. The third-order valence-electron chi connectivity index (χ3n) is 4.77. The number of para-hydroxylation sites is 1. The molecule has 0 spiro atoms. The third-order valence-corrected chi connectivity index (χ3v) is 4.77. The standard InChI is InChI=1S/C22H21N7O/c1-14-6-7-16(11-25-14)18-10-19(27-12-26-18)24-9-8-15-4-3-5-17-20(15)28-13-29-21(17)22(30)23-2/h3-7,10-13H,8-9H2,1-2H3,(H,23,30)(H,24,26,27). The predicted octanol–water partition coefficient (Wildman–Crippen LogP) is 2.80. The van der Waals surface area contributed by atoms with Gasteiger partial charge in [-0.25, -0.2) is 19.9 Å². The van der Waals surface area contributed by atoms with Gasteiger partial charge in [-0.2, -0.15) is 0 Å². The molecule has 3 aromatic heterocycles. The van der Waals surface area contributed by atoms with Crippen molar-refractivity contribution < 1.29 is 4.79 Å². The van der Waals surface area contributed by atoms with Gasteiger partial charge < -0.3 is 10.6 Å². The van der Waals surface area contributed by atoms with Crippen LogP contribution in [0.4, 0.5) is 5.82 Å².